The van der Waals surface area contributed by atoms with Crippen LogP contribution in [-0.2, 0) is 11.5 Å². The molecule has 5 nitrogen and oxygen atoms in total. The third-order valence-electron chi connectivity index (χ3n) is 3.85. The Hall–Kier alpha value is -1.66. The minimum Gasteiger partial charge on any atom is -0.475 e. The second-order valence-electron chi connectivity index (χ2n) is 6.89. The smallest absolute Gasteiger partial charge is 0.372 e. The highest BCUT2D eigenvalue weighted by molar-refractivity contribution is 6.76. The summed E-state index contributed by atoms with van der Waals surface area (Å²) in [6, 6.07) is 4.96. The Morgan fingerprint density at radius 1 is 1.32 bits per heavy atom. The van der Waals surface area contributed by atoms with Crippen molar-refractivity contribution in [3.8, 4) is 0 Å². The molecule has 0 saturated carbocycles. The van der Waals surface area contributed by atoms with Gasteiger partial charge in [-0.05, 0) is 37.1 Å². The van der Waals surface area contributed by atoms with Crippen molar-refractivity contribution in [1.29, 1.82) is 0 Å². The molecule has 0 saturated heterocycles. The molecule has 0 unspecified atom stereocenters. The molecule has 1 heterocycles. The highest BCUT2D eigenvalue weighted by Gasteiger charge is 2.19. The lowest BCUT2D eigenvalue weighted by Crippen LogP contribution is -2.22. The number of carboxylic acids is 1. The maximum absolute atomic E-state index is 11.4. The van der Waals surface area contributed by atoms with Gasteiger partial charge in [-0.15, -0.1) is 0 Å². The molecule has 1 aromatic carbocycles. The molecule has 120 valence electrons. The second-order valence-corrected chi connectivity index (χ2v) is 12.5. The summed E-state index contributed by atoms with van der Waals surface area (Å²) in [5.41, 5.74) is 3.68. The highest BCUT2D eigenvalue weighted by atomic mass is 28.3. The number of hydrogen-bond donors (Lipinski definition) is 1. The number of aryl methyl sites for hydroxylation is 2. The molecule has 0 spiro atoms. The first-order valence-electron chi connectivity index (χ1n) is 7.48. The first kappa shape index (κ1) is 16.7. The van der Waals surface area contributed by atoms with Gasteiger partial charge in [0.1, 0.15) is 6.73 Å². The second kappa shape index (κ2) is 6.22. The average Bonchev–Trinajstić information content (AvgIpc) is 2.77. The van der Waals surface area contributed by atoms with Crippen molar-refractivity contribution in [3.63, 3.8) is 0 Å². The maximum Gasteiger partial charge on any atom is 0.372 e. The summed E-state index contributed by atoms with van der Waals surface area (Å²) in [6.07, 6.45) is 0. The van der Waals surface area contributed by atoms with Gasteiger partial charge < -0.3 is 9.84 Å². The van der Waals surface area contributed by atoms with E-state index in [4.69, 9.17) is 4.74 Å². The number of aromatic nitrogens is 2. The number of rotatable bonds is 6. The number of ether oxygens (including phenoxy) is 1. The van der Waals surface area contributed by atoms with Gasteiger partial charge in [-0.3, -0.25) is 4.57 Å². The molecule has 0 aliphatic carbocycles. The highest BCUT2D eigenvalue weighted by Crippen LogP contribution is 2.23. The number of aromatic carboxylic acids is 1. The summed E-state index contributed by atoms with van der Waals surface area (Å²) in [6.45, 7) is 11.7. The van der Waals surface area contributed by atoms with Crippen LogP contribution in [0.4, 0.5) is 0 Å². The van der Waals surface area contributed by atoms with Crippen LogP contribution in [0.15, 0.2) is 12.1 Å². The van der Waals surface area contributed by atoms with E-state index in [-0.39, 0.29) is 12.6 Å². The van der Waals surface area contributed by atoms with E-state index in [0.29, 0.717) is 6.61 Å². The fourth-order valence-electron chi connectivity index (χ4n) is 2.25. The number of hydrogen-bond acceptors (Lipinski definition) is 3. The number of carbonyl (C=O) groups is 1. The predicted molar refractivity (Wildman–Crippen MR) is 90.3 cm³/mol. The Morgan fingerprint density at radius 2 is 2.00 bits per heavy atom. The zero-order chi connectivity index (χ0) is 16.5. The zero-order valence-corrected chi connectivity index (χ0v) is 14.9. The Labute approximate surface area is 131 Å². The van der Waals surface area contributed by atoms with Crippen LogP contribution in [0.2, 0.25) is 25.7 Å². The summed E-state index contributed by atoms with van der Waals surface area (Å²) >= 11 is 0. The lowest BCUT2D eigenvalue weighted by Gasteiger charge is -2.16. The van der Waals surface area contributed by atoms with E-state index in [1.54, 1.807) is 4.57 Å². The molecule has 0 amide bonds. The molecule has 0 aliphatic heterocycles. The lowest BCUT2D eigenvalue weighted by molar-refractivity contribution is 0.0620. The van der Waals surface area contributed by atoms with Crippen LogP contribution in [-0.4, -0.2) is 35.3 Å². The van der Waals surface area contributed by atoms with Gasteiger partial charge in [-0.25, -0.2) is 9.78 Å². The normalized spacial score (nSPS) is 12.0. The number of carboxylic acid groups (broad SMARTS) is 1. The van der Waals surface area contributed by atoms with E-state index < -0.39 is 14.0 Å². The summed E-state index contributed by atoms with van der Waals surface area (Å²) in [5.74, 6) is -0.987. The molecule has 0 aliphatic rings. The van der Waals surface area contributed by atoms with E-state index in [9.17, 15) is 9.90 Å². The number of nitrogens with zero attached hydrogens (tertiary/aromatic N) is 2. The van der Waals surface area contributed by atoms with Gasteiger partial charge in [0.15, 0.2) is 0 Å². The van der Waals surface area contributed by atoms with Gasteiger partial charge in [-0.2, -0.15) is 0 Å². The molecular formula is C16H24N2O3Si. The van der Waals surface area contributed by atoms with Crippen LogP contribution in [0, 0.1) is 13.8 Å². The number of fused-ring (bicyclic) bond motifs is 1. The number of imidazole rings is 1. The zero-order valence-electron chi connectivity index (χ0n) is 13.9. The van der Waals surface area contributed by atoms with Crippen molar-refractivity contribution in [3.05, 3.63) is 29.1 Å². The summed E-state index contributed by atoms with van der Waals surface area (Å²) in [4.78, 5) is 15.7. The van der Waals surface area contributed by atoms with Crippen molar-refractivity contribution in [2.24, 2.45) is 0 Å². The Bertz CT molecular complexity index is 701. The van der Waals surface area contributed by atoms with Crippen LogP contribution >= 0.6 is 0 Å². The summed E-state index contributed by atoms with van der Waals surface area (Å²) in [7, 11) is -1.15. The Morgan fingerprint density at radius 3 is 2.59 bits per heavy atom. The molecule has 0 bridgehead atoms. The van der Waals surface area contributed by atoms with Crippen molar-refractivity contribution in [1.82, 2.24) is 9.55 Å². The molecule has 2 rings (SSSR count). The largest absolute Gasteiger partial charge is 0.475 e. The molecular weight excluding hydrogens is 296 g/mol. The van der Waals surface area contributed by atoms with E-state index >= 15 is 0 Å². The Kier molecular flexibility index (Phi) is 4.72. The lowest BCUT2D eigenvalue weighted by atomic mass is 10.1. The average molecular weight is 320 g/mol. The summed E-state index contributed by atoms with van der Waals surface area (Å²) < 4.78 is 7.36. The van der Waals surface area contributed by atoms with E-state index in [1.807, 2.05) is 26.0 Å². The predicted octanol–water partition coefficient (Wildman–Crippen LogP) is 3.66. The minimum atomic E-state index is -1.15. The van der Waals surface area contributed by atoms with Crippen molar-refractivity contribution < 1.29 is 14.6 Å². The summed E-state index contributed by atoms with van der Waals surface area (Å²) in [5, 5.41) is 9.38. The van der Waals surface area contributed by atoms with E-state index in [2.05, 4.69) is 24.6 Å². The first-order valence-corrected chi connectivity index (χ1v) is 11.2. The fourth-order valence-corrected chi connectivity index (χ4v) is 3.01. The first-order chi connectivity index (χ1) is 10.2. The Balaban J connectivity index is 2.29. The van der Waals surface area contributed by atoms with Crippen LogP contribution in [0.5, 0.6) is 0 Å². The van der Waals surface area contributed by atoms with Crippen molar-refractivity contribution >= 4 is 25.1 Å². The molecule has 6 heteroatoms. The monoisotopic (exact) mass is 320 g/mol. The molecule has 1 N–H and O–H groups in total. The SMILES string of the molecule is Cc1ccc2c(nc(C(=O)O)n2COCC[Si](C)(C)C)c1C. The van der Waals surface area contributed by atoms with Crippen LogP contribution in [0.3, 0.4) is 0 Å². The third-order valence-corrected chi connectivity index (χ3v) is 5.56. The maximum atomic E-state index is 11.4. The standard InChI is InChI=1S/C16H24N2O3Si/c1-11-6-7-13-14(12(11)2)17-15(16(19)20)18(13)10-21-8-9-22(3,4)5/h6-7H,8-10H2,1-5H3,(H,19,20). The molecule has 2 aromatic rings. The van der Waals surface area contributed by atoms with Crippen molar-refractivity contribution in [2.75, 3.05) is 6.61 Å². The van der Waals surface area contributed by atoms with E-state index in [0.717, 1.165) is 28.2 Å². The molecule has 0 atom stereocenters. The molecule has 22 heavy (non-hydrogen) atoms. The van der Waals surface area contributed by atoms with Crippen LogP contribution in [0.25, 0.3) is 11.0 Å². The van der Waals surface area contributed by atoms with Gasteiger partial charge >= 0.3 is 5.97 Å². The number of benzene rings is 1. The molecule has 1 aromatic heterocycles. The molecule has 0 radical (unpaired) electrons. The van der Waals surface area contributed by atoms with Gasteiger partial charge in [-0.1, -0.05) is 25.7 Å². The minimum absolute atomic E-state index is 0.0386. The van der Waals surface area contributed by atoms with Gasteiger partial charge in [0.2, 0.25) is 5.82 Å². The quantitative estimate of drug-likeness (QED) is 0.651. The molecule has 0 fully saturated rings. The topological polar surface area (TPSA) is 64.3 Å². The third kappa shape index (κ3) is 3.56. The van der Waals surface area contributed by atoms with Gasteiger partial charge in [0, 0.05) is 14.7 Å². The van der Waals surface area contributed by atoms with Gasteiger partial charge in [0.25, 0.3) is 0 Å². The van der Waals surface area contributed by atoms with Crippen LogP contribution in [0.1, 0.15) is 21.7 Å². The van der Waals surface area contributed by atoms with Crippen molar-refractivity contribution in [2.45, 2.75) is 46.3 Å². The van der Waals surface area contributed by atoms with Gasteiger partial charge in [0.05, 0.1) is 11.0 Å². The van der Waals surface area contributed by atoms with Crippen LogP contribution < -0.4 is 0 Å². The van der Waals surface area contributed by atoms with E-state index in [1.165, 1.54) is 0 Å². The fraction of sp³-hybridized carbons (Fsp3) is 0.500.